The first-order valence-electron chi connectivity index (χ1n) is 4.47. The third-order valence-corrected chi connectivity index (χ3v) is 2.59. The predicted octanol–water partition coefficient (Wildman–Crippen LogP) is -0.707. The van der Waals surface area contributed by atoms with Gasteiger partial charge in [-0.3, -0.25) is 4.90 Å². The Morgan fingerprint density at radius 2 is 2.31 bits per heavy atom. The lowest BCUT2D eigenvalue weighted by atomic mass is 10.00. The van der Waals surface area contributed by atoms with Gasteiger partial charge >= 0.3 is 0 Å². The minimum absolute atomic E-state index is 0.216. The van der Waals surface area contributed by atoms with E-state index in [2.05, 4.69) is 17.0 Å². The van der Waals surface area contributed by atoms with Gasteiger partial charge in [0.15, 0.2) is 5.84 Å². The van der Waals surface area contributed by atoms with Gasteiger partial charge in [-0.15, -0.1) is 0 Å². The van der Waals surface area contributed by atoms with Crippen molar-refractivity contribution in [3.05, 3.63) is 0 Å². The zero-order valence-electron chi connectivity index (χ0n) is 7.85. The Morgan fingerprint density at radius 1 is 1.62 bits per heavy atom. The van der Waals surface area contributed by atoms with Crippen molar-refractivity contribution in [2.75, 3.05) is 26.2 Å². The molecule has 1 rings (SSSR count). The van der Waals surface area contributed by atoms with Crippen LogP contribution in [0.2, 0.25) is 0 Å². The van der Waals surface area contributed by atoms with Crippen LogP contribution >= 0.6 is 0 Å². The molecule has 5 nitrogen and oxygen atoms in total. The third kappa shape index (κ3) is 2.57. The van der Waals surface area contributed by atoms with E-state index in [1.807, 2.05) is 0 Å². The minimum atomic E-state index is 0.216. The molecule has 1 aliphatic rings. The van der Waals surface area contributed by atoms with Crippen LogP contribution in [0, 0.1) is 11.8 Å². The first kappa shape index (κ1) is 10.3. The SMILES string of the molecule is C[C@@H]1CN(CC(N)=NO)C[C@H]1CO. The molecule has 0 amide bonds. The van der Waals surface area contributed by atoms with Crippen LogP contribution in [-0.2, 0) is 0 Å². The van der Waals surface area contributed by atoms with Crippen LogP contribution in [0.3, 0.4) is 0 Å². The van der Waals surface area contributed by atoms with Crippen LogP contribution in [0.4, 0.5) is 0 Å². The summed E-state index contributed by atoms with van der Waals surface area (Å²) in [5, 5.41) is 20.3. The molecule has 2 atom stereocenters. The molecule has 1 heterocycles. The highest BCUT2D eigenvalue weighted by molar-refractivity contribution is 5.81. The molecule has 0 radical (unpaired) electrons. The Labute approximate surface area is 77.8 Å². The Morgan fingerprint density at radius 3 is 2.77 bits per heavy atom. The third-order valence-electron chi connectivity index (χ3n) is 2.59. The van der Waals surface area contributed by atoms with E-state index in [1.54, 1.807) is 0 Å². The van der Waals surface area contributed by atoms with E-state index >= 15 is 0 Å². The molecule has 1 fully saturated rings. The highest BCUT2D eigenvalue weighted by Gasteiger charge is 2.28. The summed E-state index contributed by atoms with van der Waals surface area (Å²) in [6.07, 6.45) is 0. The van der Waals surface area contributed by atoms with Crippen LogP contribution in [0.5, 0.6) is 0 Å². The second kappa shape index (κ2) is 4.43. The van der Waals surface area contributed by atoms with Crippen molar-refractivity contribution < 1.29 is 10.3 Å². The van der Waals surface area contributed by atoms with E-state index in [4.69, 9.17) is 16.0 Å². The Hall–Kier alpha value is -0.810. The van der Waals surface area contributed by atoms with Crippen LogP contribution in [-0.4, -0.2) is 47.3 Å². The summed E-state index contributed by atoms with van der Waals surface area (Å²) in [6.45, 7) is 4.54. The molecular weight excluding hydrogens is 170 g/mol. The van der Waals surface area contributed by atoms with E-state index in [0.717, 1.165) is 13.1 Å². The van der Waals surface area contributed by atoms with Crippen molar-refractivity contribution in [1.29, 1.82) is 0 Å². The number of rotatable bonds is 3. The molecule has 0 saturated carbocycles. The smallest absolute Gasteiger partial charge is 0.153 e. The first-order valence-corrected chi connectivity index (χ1v) is 4.47. The fourth-order valence-corrected chi connectivity index (χ4v) is 1.77. The fraction of sp³-hybridized carbons (Fsp3) is 0.875. The lowest BCUT2D eigenvalue weighted by Crippen LogP contribution is -2.32. The van der Waals surface area contributed by atoms with Crippen LogP contribution in [0.1, 0.15) is 6.92 Å². The summed E-state index contributed by atoms with van der Waals surface area (Å²) in [4.78, 5) is 2.08. The minimum Gasteiger partial charge on any atom is -0.409 e. The summed E-state index contributed by atoms with van der Waals surface area (Å²) in [5.74, 6) is 1.04. The maximum absolute atomic E-state index is 9.01. The molecule has 0 bridgehead atoms. The van der Waals surface area contributed by atoms with Gasteiger partial charge in [0.05, 0.1) is 6.54 Å². The van der Waals surface area contributed by atoms with Crippen molar-refractivity contribution in [3.8, 4) is 0 Å². The van der Waals surface area contributed by atoms with Crippen LogP contribution in [0.25, 0.3) is 0 Å². The van der Waals surface area contributed by atoms with Gasteiger partial charge in [0.1, 0.15) is 0 Å². The van der Waals surface area contributed by atoms with Gasteiger partial charge in [-0.2, -0.15) is 0 Å². The molecule has 5 heteroatoms. The molecule has 4 N–H and O–H groups in total. The zero-order valence-corrected chi connectivity index (χ0v) is 7.85. The molecule has 1 aliphatic heterocycles. The van der Waals surface area contributed by atoms with Gasteiger partial charge < -0.3 is 16.0 Å². The summed E-state index contributed by atoms with van der Waals surface area (Å²) in [6, 6.07) is 0. The van der Waals surface area contributed by atoms with E-state index in [0.29, 0.717) is 18.4 Å². The van der Waals surface area contributed by atoms with Crippen LogP contribution in [0.15, 0.2) is 5.16 Å². The Bertz CT molecular complexity index is 196. The number of amidine groups is 1. The number of aliphatic hydroxyl groups excluding tert-OH is 1. The number of hydrogen-bond acceptors (Lipinski definition) is 4. The predicted molar refractivity (Wildman–Crippen MR) is 49.6 cm³/mol. The van der Waals surface area contributed by atoms with E-state index in [9.17, 15) is 0 Å². The molecule has 0 unspecified atom stereocenters. The van der Waals surface area contributed by atoms with Crippen molar-refractivity contribution in [2.45, 2.75) is 6.92 Å². The quantitative estimate of drug-likeness (QED) is 0.236. The molecule has 0 aromatic heterocycles. The lowest BCUT2D eigenvalue weighted by molar-refractivity contribution is 0.207. The van der Waals surface area contributed by atoms with Gasteiger partial charge in [-0.25, -0.2) is 0 Å². The Kier molecular flexibility index (Phi) is 3.50. The molecule has 13 heavy (non-hydrogen) atoms. The van der Waals surface area contributed by atoms with E-state index in [1.165, 1.54) is 0 Å². The highest BCUT2D eigenvalue weighted by Crippen LogP contribution is 2.21. The highest BCUT2D eigenvalue weighted by atomic mass is 16.4. The molecule has 0 aliphatic carbocycles. The average Bonchev–Trinajstić information content (AvgIpc) is 2.46. The zero-order chi connectivity index (χ0) is 9.84. The van der Waals surface area contributed by atoms with Gasteiger partial charge in [0.25, 0.3) is 0 Å². The van der Waals surface area contributed by atoms with Gasteiger partial charge in [0.2, 0.25) is 0 Å². The normalized spacial score (nSPS) is 31.1. The fourth-order valence-electron chi connectivity index (χ4n) is 1.77. The Balaban J connectivity index is 2.40. The summed E-state index contributed by atoms with van der Waals surface area (Å²) >= 11 is 0. The molecule has 0 spiro atoms. The maximum Gasteiger partial charge on any atom is 0.153 e. The van der Waals surface area contributed by atoms with Gasteiger partial charge in [0, 0.05) is 19.7 Å². The average molecular weight is 187 g/mol. The number of oxime groups is 1. The van der Waals surface area contributed by atoms with Crippen molar-refractivity contribution in [2.24, 2.45) is 22.7 Å². The lowest BCUT2D eigenvalue weighted by Gasteiger charge is -2.13. The van der Waals surface area contributed by atoms with Crippen molar-refractivity contribution in [3.63, 3.8) is 0 Å². The van der Waals surface area contributed by atoms with E-state index in [-0.39, 0.29) is 12.4 Å². The monoisotopic (exact) mass is 187 g/mol. The summed E-state index contributed by atoms with van der Waals surface area (Å²) < 4.78 is 0. The topological polar surface area (TPSA) is 82.1 Å². The molecule has 0 aromatic carbocycles. The second-order valence-electron chi connectivity index (χ2n) is 3.71. The molecule has 76 valence electrons. The second-order valence-corrected chi connectivity index (χ2v) is 3.71. The number of nitrogens with zero attached hydrogens (tertiary/aromatic N) is 2. The van der Waals surface area contributed by atoms with Gasteiger partial charge in [-0.05, 0) is 11.8 Å². The number of likely N-dealkylation sites (tertiary alicyclic amines) is 1. The van der Waals surface area contributed by atoms with E-state index < -0.39 is 0 Å². The first-order chi connectivity index (χ1) is 6.17. The molecule has 0 aromatic rings. The van der Waals surface area contributed by atoms with Crippen LogP contribution < -0.4 is 5.73 Å². The largest absolute Gasteiger partial charge is 0.409 e. The van der Waals surface area contributed by atoms with Crippen molar-refractivity contribution >= 4 is 5.84 Å². The maximum atomic E-state index is 9.01. The number of hydrogen-bond donors (Lipinski definition) is 3. The number of nitrogens with two attached hydrogens (primary N) is 1. The summed E-state index contributed by atoms with van der Waals surface area (Å²) in [5.41, 5.74) is 5.38. The number of aliphatic hydroxyl groups is 1. The standard InChI is InChI=1S/C8H17N3O2/c1-6-2-11(3-7(6)5-12)4-8(9)10-13/h6-7,12-13H,2-5H2,1H3,(H2,9,10)/t6-,7+/m1/s1. The molecular formula is C8H17N3O2. The summed E-state index contributed by atoms with van der Waals surface area (Å²) in [7, 11) is 0. The van der Waals surface area contributed by atoms with Gasteiger partial charge in [-0.1, -0.05) is 12.1 Å². The molecule has 1 saturated heterocycles. The van der Waals surface area contributed by atoms with Crippen molar-refractivity contribution in [1.82, 2.24) is 4.90 Å².